The van der Waals surface area contributed by atoms with E-state index < -0.39 is 23.7 Å². The molecule has 1 aliphatic heterocycles. The quantitative estimate of drug-likeness (QED) is 0.125. The molecule has 0 spiro atoms. The Morgan fingerprint density at radius 1 is 0.964 bits per heavy atom. The highest BCUT2D eigenvalue weighted by Gasteiger charge is 2.35. The summed E-state index contributed by atoms with van der Waals surface area (Å²) in [6.07, 6.45) is 6.24. The number of hydrogen-bond acceptors (Lipinski definition) is 9. The van der Waals surface area contributed by atoms with Crippen LogP contribution in [0.5, 0.6) is 0 Å². The van der Waals surface area contributed by atoms with Gasteiger partial charge in [0.25, 0.3) is 5.91 Å². The number of pyridine rings is 1. The fourth-order valence-electron chi connectivity index (χ4n) is 6.37. The SMILES string of the molecule is CNC(=O)c1ccccc1Sc1ccc2c(/C=C/c3ccccn3)nn(C(=O)N(CCC(=O)OCc3ccccc3)C[C@@H]3CCCN3C(=O)OC(C)(C)C)c2c1. The first kappa shape index (κ1) is 39.7. The lowest BCUT2D eigenvalue weighted by Gasteiger charge is -2.32. The minimum atomic E-state index is -0.689. The van der Waals surface area contributed by atoms with Crippen LogP contribution in [-0.4, -0.2) is 86.9 Å². The summed E-state index contributed by atoms with van der Waals surface area (Å²) in [4.78, 5) is 63.0. The number of amides is 3. The Balaban J connectivity index is 1.35. The van der Waals surface area contributed by atoms with Crippen molar-refractivity contribution in [2.75, 3.05) is 26.7 Å². The minimum absolute atomic E-state index is 0.0273. The van der Waals surface area contributed by atoms with Gasteiger partial charge in [-0.2, -0.15) is 9.78 Å². The number of rotatable bonds is 12. The van der Waals surface area contributed by atoms with Crippen LogP contribution in [0.1, 0.15) is 67.3 Å². The van der Waals surface area contributed by atoms with E-state index in [0.717, 1.165) is 27.5 Å². The van der Waals surface area contributed by atoms with Crippen LogP contribution >= 0.6 is 11.8 Å². The third kappa shape index (κ3) is 10.2. The third-order valence-corrected chi connectivity index (χ3v) is 10.1. The highest BCUT2D eigenvalue weighted by atomic mass is 32.2. The van der Waals surface area contributed by atoms with E-state index in [4.69, 9.17) is 14.6 Å². The van der Waals surface area contributed by atoms with Crippen molar-refractivity contribution >= 4 is 58.8 Å². The number of hydrogen-bond donors (Lipinski definition) is 1. The fraction of sp³-hybridized carbons (Fsp3) is 0.302. The number of fused-ring (bicyclic) bond motifs is 1. The molecule has 0 saturated carbocycles. The Morgan fingerprint density at radius 2 is 1.73 bits per heavy atom. The second kappa shape index (κ2) is 18.1. The van der Waals surface area contributed by atoms with Gasteiger partial charge in [0.05, 0.1) is 34.9 Å². The van der Waals surface area contributed by atoms with Crippen molar-refractivity contribution in [3.8, 4) is 0 Å². The molecule has 13 heteroatoms. The first-order valence-electron chi connectivity index (χ1n) is 18.6. The highest BCUT2D eigenvalue weighted by Crippen LogP contribution is 2.34. The molecule has 3 heterocycles. The molecule has 1 atom stereocenters. The lowest BCUT2D eigenvalue weighted by molar-refractivity contribution is -0.145. The summed E-state index contributed by atoms with van der Waals surface area (Å²) < 4.78 is 12.6. The normalized spacial score (nSPS) is 14.2. The molecule has 3 amide bonds. The van der Waals surface area contributed by atoms with E-state index in [1.807, 2.05) is 118 Å². The van der Waals surface area contributed by atoms with E-state index in [-0.39, 0.29) is 38.1 Å². The molecule has 0 bridgehead atoms. The van der Waals surface area contributed by atoms with E-state index in [2.05, 4.69) is 10.3 Å². The molecule has 12 nitrogen and oxygen atoms in total. The number of benzene rings is 3. The number of esters is 1. The van der Waals surface area contributed by atoms with Crippen molar-refractivity contribution in [2.45, 2.75) is 68.1 Å². The number of nitrogens with zero attached hydrogens (tertiary/aromatic N) is 5. The van der Waals surface area contributed by atoms with Gasteiger partial charge in [0.2, 0.25) is 0 Å². The Morgan fingerprint density at radius 3 is 2.48 bits per heavy atom. The van der Waals surface area contributed by atoms with E-state index in [9.17, 15) is 19.2 Å². The summed E-state index contributed by atoms with van der Waals surface area (Å²) in [7, 11) is 1.59. The van der Waals surface area contributed by atoms with E-state index in [0.29, 0.717) is 35.1 Å². The van der Waals surface area contributed by atoms with Crippen molar-refractivity contribution in [3.63, 3.8) is 0 Å². The summed E-state index contributed by atoms with van der Waals surface area (Å²) in [6.45, 7) is 6.24. The molecule has 1 fully saturated rings. The van der Waals surface area contributed by atoms with Crippen LogP contribution in [-0.2, 0) is 20.9 Å². The van der Waals surface area contributed by atoms with Crippen LogP contribution in [0.2, 0.25) is 0 Å². The van der Waals surface area contributed by atoms with E-state index in [1.54, 1.807) is 29.1 Å². The second-order valence-electron chi connectivity index (χ2n) is 14.3. The van der Waals surface area contributed by atoms with Gasteiger partial charge in [-0.25, -0.2) is 9.59 Å². The van der Waals surface area contributed by atoms with Gasteiger partial charge in [0.1, 0.15) is 12.2 Å². The van der Waals surface area contributed by atoms with E-state index in [1.165, 1.54) is 16.4 Å². The molecule has 290 valence electrons. The van der Waals surface area contributed by atoms with Crippen molar-refractivity contribution in [1.29, 1.82) is 0 Å². The molecule has 0 aliphatic carbocycles. The number of ether oxygens (including phenoxy) is 2. The van der Waals surface area contributed by atoms with Gasteiger partial charge in [-0.3, -0.25) is 14.6 Å². The second-order valence-corrected chi connectivity index (χ2v) is 15.5. The van der Waals surface area contributed by atoms with Crippen molar-refractivity contribution in [2.24, 2.45) is 0 Å². The highest BCUT2D eigenvalue weighted by molar-refractivity contribution is 7.99. The third-order valence-electron chi connectivity index (χ3n) is 9.08. The van der Waals surface area contributed by atoms with Crippen molar-refractivity contribution < 1.29 is 28.7 Å². The van der Waals surface area contributed by atoms with Gasteiger partial charge in [0.15, 0.2) is 0 Å². The van der Waals surface area contributed by atoms with Crippen LogP contribution in [0, 0.1) is 0 Å². The number of carbonyl (C=O) groups is 4. The van der Waals surface area contributed by atoms with Gasteiger partial charge < -0.3 is 24.6 Å². The predicted octanol–water partition coefficient (Wildman–Crippen LogP) is 7.92. The van der Waals surface area contributed by atoms with Crippen LogP contribution in [0.15, 0.2) is 107 Å². The molecule has 0 radical (unpaired) electrons. The summed E-state index contributed by atoms with van der Waals surface area (Å²) >= 11 is 1.40. The maximum absolute atomic E-state index is 14.8. The molecule has 1 saturated heterocycles. The van der Waals surface area contributed by atoms with Crippen molar-refractivity contribution in [1.82, 2.24) is 29.9 Å². The predicted molar refractivity (Wildman–Crippen MR) is 216 cm³/mol. The summed E-state index contributed by atoms with van der Waals surface area (Å²) in [6, 6.07) is 27.2. The van der Waals surface area contributed by atoms with Crippen LogP contribution in [0.4, 0.5) is 9.59 Å². The largest absolute Gasteiger partial charge is 0.461 e. The number of nitrogens with one attached hydrogen (secondary N) is 1. The van der Waals surface area contributed by atoms with Crippen LogP contribution < -0.4 is 5.32 Å². The topological polar surface area (TPSA) is 136 Å². The van der Waals surface area contributed by atoms with Gasteiger partial charge in [-0.15, -0.1) is 0 Å². The molecule has 3 aromatic carbocycles. The average Bonchev–Trinajstić information content (AvgIpc) is 3.82. The fourth-order valence-corrected chi connectivity index (χ4v) is 7.35. The zero-order chi connectivity index (χ0) is 39.7. The first-order chi connectivity index (χ1) is 27.0. The molecule has 6 rings (SSSR count). The molecule has 5 aromatic rings. The monoisotopic (exact) mass is 774 g/mol. The van der Waals surface area contributed by atoms with Gasteiger partial charge in [-0.05, 0) is 93.8 Å². The Labute approximate surface area is 330 Å². The molecular weight excluding hydrogens is 729 g/mol. The lowest BCUT2D eigenvalue weighted by Crippen LogP contribution is -2.48. The van der Waals surface area contributed by atoms with Gasteiger partial charge >= 0.3 is 18.1 Å². The van der Waals surface area contributed by atoms with Crippen LogP contribution in [0.25, 0.3) is 23.1 Å². The lowest BCUT2D eigenvalue weighted by atomic mass is 10.2. The smallest absolute Gasteiger partial charge is 0.410 e. The molecule has 2 aromatic heterocycles. The number of likely N-dealkylation sites (tertiary alicyclic amines) is 1. The Hall–Kier alpha value is -5.95. The first-order valence-corrected chi connectivity index (χ1v) is 19.4. The number of carbonyl (C=O) groups excluding carboxylic acids is 4. The summed E-state index contributed by atoms with van der Waals surface area (Å²) in [5, 5.41) is 8.24. The Bertz CT molecular complexity index is 2200. The molecule has 1 aliphatic rings. The van der Waals surface area contributed by atoms with Crippen LogP contribution in [0.3, 0.4) is 0 Å². The summed E-state index contributed by atoms with van der Waals surface area (Å²) in [5.74, 6) is -0.665. The van der Waals surface area contributed by atoms with Crippen molar-refractivity contribution in [3.05, 3.63) is 120 Å². The van der Waals surface area contributed by atoms with Gasteiger partial charge in [-0.1, -0.05) is 60.3 Å². The van der Waals surface area contributed by atoms with E-state index >= 15 is 0 Å². The average molecular weight is 775 g/mol. The zero-order valence-electron chi connectivity index (χ0n) is 32.0. The molecule has 1 N–H and O–H groups in total. The number of aromatic nitrogens is 3. The zero-order valence-corrected chi connectivity index (χ0v) is 32.8. The standard InChI is InChI=1S/C43H46N6O6S/c1-43(2,3)55-42(53)48-25-12-16-32(48)28-47(26-23-39(50)54-29-30-13-6-5-7-14-30)41(52)49-37-27-33(56-38-18-9-8-17-35(38)40(51)44-4)20-21-34(37)36(46-49)22-19-31-15-10-11-24-45-31/h5-11,13-15,17-22,24,27,32H,12,16,23,25-26,28-29H2,1-4H3,(H,44,51)/b22-19+/t32-/m0/s1. The maximum atomic E-state index is 14.8. The maximum Gasteiger partial charge on any atom is 0.410 e. The molecule has 56 heavy (non-hydrogen) atoms. The van der Waals surface area contributed by atoms with Gasteiger partial charge in [0, 0.05) is 48.1 Å². The minimum Gasteiger partial charge on any atom is -0.461 e. The molecular formula is C43H46N6O6S. The Kier molecular flexibility index (Phi) is 12.9. The summed E-state index contributed by atoms with van der Waals surface area (Å²) in [5.41, 5.74) is 2.49. The molecule has 0 unspecified atom stereocenters.